The number of para-hydroxylation sites is 1. The predicted octanol–water partition coefficient (Wildman–Crippen LogP) is 15.7. The third-order valence-electron chi connectivity index (χ3n) is 12.1. The summed E-state index contributed by atoms with van der Waals surface area (Å²) in [5, 5.41) is 5.55. The Balaban J connectivity index is 0.942. The molecule has 0 spiro atoms. The average Bonchev–Trinajstić information content (AvgIpc) is 3.76. The van der Waals surface area contributed by atoms with E-state index in [2.05, 4.69) is 200 Å². The summed E-state index contributed by atoms with van der Waals surface area (Å²) in [5.41, 5.74) is 16.0. The Kier molecular flexibility index (Phi) is 8.79. The first-order valence-electron chi connectivity index (χ1n) is 21.2. The van der Waals surface area contributed by atoms with Crippen LogP contribution >= 0.6 is 0 Å². The van der Waals surface area contributed by atoms with E-state index in [1.54, 1.807) is 0 Å². The van der Waals surface area contributed by atoms with Crippen molar-refractivity contribution in [1.29, 1.82) is 0 Å². The van der Waals surface area contributed by atoms with E-state index in [0.717, 1.165) is 99.8 Å². The second kappa shape index (κ2) is 15.2. The molecule has 0 bridgehead atoms. The van der Waals surface area contributed by atoms with E-state index < -0.39 is 0 Å². The van der Waals surface area contributed by atoms with E-state index in [0.29, 0.717) is 5.82 Å². The van der Waals surface area contributed by atoms with Crippen LogP contribution in [0.15, 0.2) is 229 Å². The Hall–Kier alpha value is -8.47. The van der Waals surface area contributed by atoms with E-state index >= 15 is 0 Å². The highest BCUT2D eigenvalue weighted by Gasteiger charge is 2.20. The molecular formula is C59H37N3O. The molecule has 63 heavy (non-hydrogen) atoms. The molecule has 0 radical (unpaired) electrons. The molecule has 12 aromatic rings. The Labute approximate surface area is 364 Å². The predicted molar refractivity (Wildman–Crippen MR) is 260 cm³/mol. The molecule has 0 aliphatic heterocycles. The molecule has 0 saturated heterocycles. The van der Waals surface area contributed by atoms with E-state index in [4.69, 9.17) is 19.4 Å². The van der Waals surface area contributed by atoms with Crippen LogP contribution < -0.4 is 0 Å². The van der Waals surface area contributed by atoms with Crippen molar-refractivity contribution in [2.45, 2.75) is 0 Å². The van der Waals surface area contributed by atoms with Gasteiger partial charge in [0.25, 0.3) is 0 Å². The van der Waals surface area contributed by atoms with Crippen molar-refractivity contribution in [1.82, 2.24) is 15.0 Å². The third kappa shape index (κ3) is 6.62. The molecule has 9 aromatic carbocycles. The van der Waals surface area contributed by atoms with E-state index in [1.807, 2.05) is 24.3 Å². The van der Waals surface area contributed by atoms with Crippen molar-refractivity contribution in [3.05, 3.63) is 224 Å². The summed E-state index contributed by atoms with van der Waals surface area (Å²) in [6.45, 7) is 0. The quantitative estimate of drug-likeness (QED) is 0.161. The van der Waals surface area contributed by atoms with E-state index in [9.17, 15) is 0 Å². The zero-order valence-corrected chi connectivity index (χ0v) is 34.1. The Morgan fingerprint density at radius 3 is 1.57 bits per heavy atom. The highest BCUT2D eigenvalue weighted by molar-refractivity contribution is 6.22. The Morgan fingerprint density at radius 1 is 0.317 bits per heavy atom. The Bertz CT molecular complexity index is 3660. The fraction of sp³-hybridized carbons (Fsp3) is 0. The van der Waals surface area contributed by atoms with Gasteiger partial charge in [-0.25, -0.2) is 15.0 Å². The summed E-state index contributed by atoms with van der Waals surface area (Å²) in [7, 11) is 0. The number of hydrogen-bond acceptors (Lipinski definition) is 4. The van der Waals surface area contributed by atoms with Crippen LogP contribution in [-0.2, 0) is 0 Å². The lowest BCUT2D eigenvalue weighted by Gasteiger charge is -2.12. The summed E-state index contributed by atoms with van der Waals surface area (Å²) >= 11 is 0. The third-order valence-corrected chi connectivity index (χ3v) is 12.1. The SMILES string of the molecule is c1ccc(-c2ccc(-c3cc(-c4ccccc4)nc(-c4cccc(-c5cccc(-c6ccc7c(c6)nc(-c6cccc8ccccc68)c6oc8ccccc8c67)c5)c4)n3)cc2)cc1. The molecular weight excluding hydrogens is 767 g/mol. The fourth-order valence-corrected chi connectivity index (χ4v) is 8.94. The topological polar surface area (TPSA) is 51.8 Å². The molecule has 0 unspecified atom stereocenters. The van der Waals surface area contributed by atoms with Crippen LogP contribution in [0.25, 0.3) is 122 Å². The van der Waals surface area contributed by atoms with Gasteiger partial charge in [0, 0.05) is 38.4 Å². The number of pyridine rings is 1. The molecule has 3 heterocycles. The number of aromatic nitrogens is 3. The largest absolute Gasteiger partial charge is 0.454 e. The first-order valence-corrected chi connectivity index (χ1v) is 21.2. The maximum Gasteiger partial charge on any atom is 0.162 e. The second-order valence-electron chi connectivity index (χ2n) is 16.0. The van der Waals surface area contributed by atoms with Gasteiger partial charge in [0.15, 0.2) is 11.4 Å². The van der Waals surface area contributed by atoms with Crippen LogP contribution in [0.5, 0.6) is 0 Å². The molecule has 0 saturated carbocycles. The zero-order valence-electron chi connectivity index (χ0n) is 34.1. The lowest BCUT2D eigenvalue weighted by Crippen LogP contribution is -1.96. The molecule has 4 nitrogen and oxygen atoms in total. The number of hydrogen-bond donors (Lipinski definition) is 0. The minimum Gasteiger partial charge on any atom is -0.454 e. The second-order valence-corrected chi connectivity index (χ2v) is 16.0. The van der Waals surface area contributed by atoms with Crippen molar-refractivity contribution in [2.75, 3.05) is 0 Å². The number of nitrogens with zero attached hydrogens (tertiary/aromatic N) is 3. The maximum absolute atomic E-state index is 6.62. The van der Waals surface area contributed by atoms with Crippen molar-refractivity contribution in [2.24, 2.45) is 0 Å². The summed E-state index contributed by atoms with van der Waals surface area (Å²) in [5.74, 6) is 0.678. The first-order chi connectivity index (χ1) is 31.2. The molecule has 12 rings (SSSR count). The molecule has 4 heteroatoms. The van der Waals surface area contributed by atoms with Crippen molar-refractivity contribution in [3.8, 4) is 78.5 Å². The van der Waals surface area contributed by atoms with Gasteiger partial charge in [-0.2, -0.15) is 0 Å². The van der Waals surface area contributed by atoms with Crippen LogP contribution in [0, 0.1) is 0 Å². The van der Waals surface area contributed by atoms with Gasteiger partial charge in [-0.1, -0.05) is 194 Å². The van der Waals surface area contributed by atoms with Crippen LogP contribution in [-0.4, -0.2) is 15.0 Å². The minimum absolute atomic E-state index is 0.678. The molecule has 0 fully saturated rings. The number of furan rings is 1. The maximum atomic E-state index is 6.62. The van der Waals surface area contributed by atoms with Gasteiger partial charge in [0.1, 0.15) is 11.3 Å². The van der Waals surface area contributed by atoms with Crippen LogP contribution in [0.3, 0.4) is 0 Å². The molecule has 0 amide bonds. The summed E-state index contributed by atoms with van der Waals surface area (Å²) in [6.07, 6.45) is 0. The lowest BCUT2D eigenvalue weighted by atomic mass is 9.95. The van der Waals surface area contributed by atoms with Crippen molar-refractivity contribution in [3.63, 3.8) is 0 Å². The van der Waals surface area contributed by atoms with Gasteiger partial charge in [-0.15, -0.1) is 0 Å². The van der Waals surface area contributed by atoms with E-state index in [1.165, 1.54) is 16.5 Å². The average molecular weight is 804 g/mol. The number of rotatable bonds is 7. The normalized spacial score (nSPS) is 11.5. The van der Waals surface area contributed by atoms with Crippen molar-refractivity contribution >= 4 is 43.6 Å². The number of benzene rings is 9. The molecule has 3 aromatic heterocycles. The van der Waals surface area contributed by atoms with Gasteiger partial charge in [-0.3, -0.25) is 0 Å². The van der Waals surface area contributed by atoms with Gasteiger partial charge in [0.05, 0.1) is 16.9 Å². The summed E-state index contributed by atoms with van der Waals surface area (Å²) < 4.78 is 6.62. The number of fused-ring (bicyclic) bond motifs is 6. The standard InChI is InChI=1S/C59H37N3O/c1-3-14-38(15-4-1)39-28-30-42(31-29-39)53-37-52(41-17-5-2-6-18-41)61-59(62-53)47-23-12-22-45(35-47)43-20-11-21-44(34-43)46-32-33-50-54(36-46)60-57(49-26-13-19-40-16-7-8-24-48(40)49)58-56(50)51-25-9-10-27-55(51)63-58/h1-37H. The van der Waals surface area contributed by atoms with Crippen LogP contribution in [0.4, 0.5) is 0 Å². The minimum atomic E-state index is 0.678. The fourth-order valence-electron chi connectivity index (χ4n) is 8.94. The highest BCUT2D eigenvalue weighted by Crippen LogP contribution is 2.42. The van der Waals surface area contributed by atoms with Gasteiger partial charge >= 0.3 is 0 Å². The lowest BCUT2D eigenvalue weighted by molar-refractivity contribution is 0.669. The molecule has 0 aliphatic rings. The smallest absolute Gasteiger partial charge is 0.162 e. The molecule has 0 aliphatic carbocycles. The Morgan fingerprint density at radius 2 is 0.825 bits per heavy atom. The van der Waals surface area contributed by atoms with Gasteiger partial charge in [-0.05, 0) is 74.5 Å². The van der Waals surface area contributed by atoms with Gasteiger partial charge in [0.2, 0.25) is 0 Å². The molecule has 294 valence electrons. The molecule has 0 N–H and O–H groups in total. The van der Waals surface area contributed by atoms with Crippen LogP contribution in [0.2, 0.25) is 0 Å². The highest BCUT2D eigenvalue weighted by atomic mass is 16.3. The summed E-state index contributed by atoms with van der Waals surface area (Å²) in [6, 6.07) is 78.6. The van der Waals surface area contributed by atoms with Crippen molar-refractivity contribution < 1.29 is 4.42 Å². The monoisotopic (exact) mass is 803 g/mol. The zero-order chi connectivity index (χ0) is 41.7. The molecule has 0 atom stereocenters. The van der Waals surface area contributed by atoms with Crippen LogP contribution in [0.1, 0.15) is 0 Å². The van der Waals surface area contributed by atoms with E-state index in [-0.39, 0.29) is 0 Å². The first kappa shape index (κ1) is 36.4. The summed E-state index contributed by atoms with van der Waals surface area (Å²) in [4.78, 5) is 15.7. The van der Waals surface area contributed by atoms with Gasteiger partial charge < -0.3 is 4.42 Å².